The molecule has 0 aliphatic heterocycles. The lowest BCUT2D eigenvalue weighted by atomic mass is 10.2. The van der Waals surface area contributed by atoms with Crippen molar-refractivity contribution in [2.24, 2.45) is 0 Å². The molecule has 2 rings (SSSR count). The van der Waals surface area contributed by atoms with Crippen LogP contribution in [0.4, 0.5) is 10.1 Å². The topological polar surface area (TPSA) is 50.7 Å². The van der Waals surface area contributed by atoms with Crippen LogP contribution in [-0.4, -0.2) is 31.5 Å². The number of aliphatic hydroxyl groups excluding tert-OH is 1. The van der Waals surface area contributed by atoms with Gasteiger partial charge in [0.15, 0.2) is 11.6 Å². The normalized spacial score (nSPS) is 12.1. The first-order chi connectivity index (χ1) is 10.2. The summed E-state index contributed by atoms with van der Waals surface area (Å²) < 4.78 is 23.7. The predicted molar refractivity (Wildman–Crippen MR) is 81.4 cm³/mol. The van der Waals surface area contributed by atoms with E-state index in [0.717, 1.165) is 4.88 Å². The van der Waals surface area contributed by atoms with E-state index in [1.807, 2.05) is 17.5 Å². The van der Waals surface area contributed by atoms with Crippen molar-refractivity contribution in [2.45, 2.75) is 12.7 Å². The van der Waals surface area contributed by atoms with Gasteiger partial charge in [-0.05, 0) is 23.6 Å². The van der Waals surface area contributed by atoms with Crippen LogP contribution < -0.4 is 10.1 Å². The van der Waals surface area contributed by atoms with Crippen molar-refractivity contribution in [1.29, 1.82) is 0 Å². The summed E-state index contributed by atoms with van der Waals surface area (Å²) in [7, 11) is 1.42. The Morgan fingerprint density at radius 2 is 2.24 bits per heavy atom. The van der Waals surface area contributed by atoms with Crippen LogP contribution >= 0.6 is 11.3 Å². The van der Waals surface area contributed by atoms with Crippen molar-refractivity contribution in [3.63, 3.8) is 0 Å². The van der Waals surface area contributed by atoms with Crippen LogP contribution in [0, 0.1) is 5.82 Å². The highest BCUT2D eigenvalue weighted by Crippen LogP contribution is 2.20. The zero-order valence-corrected chi connectivity index (χ0v) is 12.5. The summed E-state index contributed by atoms with van der Waals surface area (Å²) in [6.45, 7) is 1.01. The van der Waals surface area contributed by atoms with E-state index in [4.69, 9.17) is 9.47 Å². The number of ether oxygens (including phenoxy) is 2. The number of nitrogens with one attached hydrogen (secondary N) is 1. The first-order valence-electron chi connectivity index (χ1n) is 6.54. The van der Waals surface area contributed by atoms with Gasteiger partial charge in [-0.25, -0.2) is 4.39 Å². The Morgan fingerprint density at radius 3 is 2.90 bits per heavy atom. The van der Waals surface area contributed by atoms with Crippen LogP contribution in [0.1, 0.15) is 4.88 Å². The number of hydrogen-bond acceptors (Lipinski definition) is 5. The molecule has 0 fully saturated rings. The maximum atomic E-state index is 13.5. The van der Waals surface area contributed by atoms with Crippen molar-refractivity contribution in [2.75, 3.05) is 25.6 Å². The molecular weight excluding hydrogens is 293 g/mol. The van der Waals surface area contributed by atoms with Gasteiger partial charge in [0.25, 0.3) is 0 Å². The minimum atomic E-state index is -0.657. The maximum absolute atomic E-state index is 13.5. The van der Waals surface area contributed by atoms with Crippen LogP contribution in [-0.2, 0) is 11.3 Å². The minimum absolute atomic E-state index is 0.195. The van der Waals surface area contributed by atoms with Gasteiger partial charge in [0.2, 0.25) is 0 Å². The fraction of sp³-hybridized carbons (Fsp3) is 0.333. The first kappa shape index (κ1) is 15.8. The Morgan fingerprint density at radius 1 is 1.38 bits per heavy atom. The summed E-state index contributed by atoms with van der Waals surface area (Å²) >= 11 is 1.61. The predicted octanol–water partition coefficient (Wildman–Crippen LogP) is 2.89. The van der Waals surface area contributed by atoms with Gasteiger partial charge in [-0.2, -0.15) is 0 Å². The molecule has 0 saturated heterocycles. The molecule has 0 aliphatic rings. The second-order valence-corrected chi connectivity index (χ2v) is 5.51. The van der Waals surface area contributed by atoms with Crippen molar-refractivity contribution >= 4 is 17.0 Å². The zero-order valence-electron chi connectivity index (χ0n) is 11.7. The van der Waals surface area contributed by atoms with Crippen LogP contribution in [0.3, 0.4) is 0 Å². The molecule has 21 heavy (non-hydrogen) atoms. The summed E-state index contributed by atoms with van der Waals surface area (Å²) in [6, 6.07) is 8.51. The van der Waals surface area contributed by atoms with E-state index >= 15 is 0 Å². The molecule has 0 radical (unpaired) electrons. The highest BCUT2D eigenvalue weighted by Gasteiger charge is 2.07. The number of benzene rings is 1. The molecule has 0 bridgehead atoms. The average molecular weight is 311 g/mol. The molecule has 0 aliphatic carbocycles. The first-order valence-corrected chi connectivity index (χ1v) is 7.42. The Bertz CT molecular complexity index is 548. The number of rotatable bonds is 8. The molecule has 2 N–H and O–H groups in total. The van der Waals surface area contributed by atoms with E-state index in [9.17, 15) is 9.50 Å². The lowest BCUT2D eigenvalue weighted by Gasteiger charge is -2.13. The molecule has 1 unspecified atom stereocenters. The molecule has 0 amide bonds. The average Bonchev–Trinajstić information content (AvgIpc) is 2.98. The summed E-state index contributed by atoms with van der Waals surface area (Å²) in [5.74, 6) is -0.244. The smallest absolute Gasteiger partial charge is 0.167 e. The lowest BCUT2D eigenvalue weighted by Crippen LogP contribution is -2.24. The molecule has 0 saturated carbocycles. The highest BCUT2D eigenvalue weighted by atomic mass is 32.1. The van der Waals surface area contributed by atoms with Gasteiger partial charge >= 0.3 is 0 Å². The standard InChI is InChI=1S/C15H18FNO3S/c1-19-15-5-4-11(7-14(15)16)17-8-12(18)9-20-10-13-3-2-6-21-13/h2-7,12,17-18H,8-10H2,1H3. The van der Waals surface area contributed by atoms with Gasteiger partial charge in [0.05, 0.1) is 26.4 Å². The minimum Gasteiger partial charge on any atom is -0.494 e. The molecule has 4 nitrogen and oxygen atoms in total. The summed E-state index contributed by atoms with van der Waals surface area (Å²) in [4.78, 5) is 1.12. The number of anilines is 1. The molecule has 6 heteroatoms. The van der Waals surface area contributed by atoms with E-state index in [0.29, 0.717) is 12.3 Å². The van der Waals surface area contributed by atoms with Gasteiger partial charge in [-0.15, -0.1) is 11.3 Å². The van der Waals surface area contributed by atoms with Gasteiger partial charge < -0.3 is 19.9 Å². The van der Waals surface area contributed by atoms with E-state index in [1.54, 1.807) is 17.4 Å². The monoisotopic (exact) mass is 311 g/mol. The van der Waals surface area contributed by atoms with E-state index in [-0.39, 0.29) is 18.9 Å². The zero-order chi connectivity index (χ0) is 15.1. The van der Waals surface area contributed by atoms with Crippen LogP contribution in [0.15, 0.2) is 35.7 Å². The largest absolute Gasteiger partial charge is 0.494 e. The molecule has 1 aromatic heterocycles. The number of halogens is 1. The Hall–Kier alpha value is -1.63. The van der Waals surface area contributed by atoms with E-state index in [1.165, 1.54) is 19.2 Å². The summed E-state index contributed by atoms with van der Waals surface area (Å²) in [5, 5.41) is 14.7. The Balaban J connectivity index is 1.70. The SMILES string of the molecule is COc1ccc(NCC(O)COCc2cccs2)cc1F. The third-order valence-corrected chi connectivity index (χ3v) is 3.68. The summed E-state index contributed by atoms with van der Waals surface area (Å²) in [5.41, 5.74) is 0.589. The number of thiophene rings is 1. The van der Waals surface area contributed by atoms with E-state index < -0.39 is 11.9 Å². The van der Waals surface area contributed by atoms with Crippen molar-refractivity contribution in [3.8, 4) is 5.75 Å². The van der Waals surface area contributed by atoms with Crippen LogP contribution in [0.25, 0.3) is 0 Å². The second kappa shape index (κ2) is 7.97. The molecular formula is C15H18FNO3S. The fourth-order valence-electron chi connectivity index (χ4n) is 1.76. The van der Waals surface area contributed by atoms with Gasteiger partial charge in [0, 0.05) is 23.2 Å². The quantitative estimate of drug-likeness (QED) is 0.787. The second-order valence-electron chi connectivity index (χ2n) is 4.48. The third-order valence-electron chi connectivity index (χ3n) is 2.83. The van der Waals surface area contributed by atoms with Crippen LogP contribution in [0.2, 0.25) is 0 Å². The molecule has 2 aromatic rings. The van der Waals surface area contributed by atoms with Crippen molar-refractivity contribution in [1.82, 2.24) is 0 Å². The summed E-state index contributed by atoms with van der Waals surface area (Å²) in [6.07, 6.45) is -0.657. The number of aliphatic hydroxyl groups is 1. The van der Waals surface area contributed by atoms with E-state index in [2.05, 4.69) is 5.32 Å². The molecule has 1 atom stereocenters. The third kappa shape index (κ3) is 5.00. The molecule has 114 valence electrons. The van der Waals surface area contributed by atoms with Gasteiger partial charge in [-0.3, -0.25) is 0 Å². The number of hydrogen-bond donors (Lipinski definition) is 2. The lowest BCUT2D eigenvalue weighted by molar-refractivity contribution is 0.0359. The Kier molecular flexibility index (Phi) is 5.98. The molecule has 0 spiro atoms. The van der Waals surface area contributed by atoms with Crippen molar-refractivity contribution < 1.29 is 19.0 Å². The fourth-order valence-corrected chi connectivity index (χ4v) is 2.40. The maximum Gasteiger partial charge on any atom is 0.167 e. The van der Waals surface area contributed by atoms with Crippen LogP contribution in [0.5, 0.6) is 5.75 Å². The Labute approximate surface area is 127 Å². The van der Waals surface area contributed by atoms with Crippen molar-refractivity contribution in [3.05, 3.63) is 46.4 Å². The van der Waals surface area contributed by atoms with Gasteiger partial charge in [0.1, 0.15) is 0 Å². The molecule has 1 aromatic carbocycles. The number of methoxy groups -OCH3 is 1. The van der Waals surface area contributed by atoms with Gasteiger partial charge in [-0.1, -0.05) is 6.07 Å². The highest BCUT2D eigenvalue weighted by molar-refractivity contribution is 7.09. The molecule has 1 heterocycles.